The fourth-order valence-corrected chi connectivity index (χ4v) is 1.16. The number of ether oxygens (including phenoxy) is 2. The molecular weight excluding hydrogens is 194 g/mol. The van der Waals surface area contributed by atoms with Gasteiger partial charge in [-0.1, -0.05) is 0 Å². The number of hydrazine groups is 1. The third kappa shape index (κ3) is 4.24. The number of nitrogen functional groups attached to an aromatic ring is 1. The van der Waals surface area contributed by atoms with Gasteiger partial charge in [-0.25, -0.2) is 10.8 Å². The summed E-state index contributed by atoms with van der Waals surface area (Å²) in [7, 11) is 1.66. The molecule has 0 amide bonds. The molecule has 15 heavy (non-hydrogen) atoms. The van der Waals surface area contributed by atoms with Crippen molar-refractivity contribution < 1.29 is 9.47 Å². The number of hydrogen-bond acceptors (Lipinski definition) is 5. The highest BCUT2D eigenvalue weighted by Gasteiger charge is 2.02. The van der Waals surface area contributed by atoms with E-state index in [-0.39, 0.29) is 6.10 Å². The molecule has 1 unspecified atom stereocenters. The van der Waals surface area contributed by atoms with Crippen molar-refractivity contribution in [2.24, 2.45) is 5.84 Å². The predicted octanol–water partition coefficient (Wildman–Crippen LogP) is 0.919. The van der Waals surface area contributed by atoms with Crippen molar-refractivity contribution in [2.45, 2.75) is 19.6 Å². The fraction of sp³-hybridized carbons (Fsp3) is 0.500. The van der Waals surface area contributed by atoms with Gasteiger partial charge in [-0.15, -0.1) is 0 Å². The van der Waals surface area contributed by atoms with Gasteiger partial charge >= 0.3 is 0 Å². The van der Waals surface area contributed by atoms with Crippen molar-refractivity contribution in [3.05, 3.63) is 23.9 Å². The van der Waals surface area contributed by atoms with Gasteiger partial charge in [0.05, 0.1) is 19.3 Å². The Labute approximate surface area is 89.6 Å². The molecule has 1 aromatic rings. The maximum absolute atomic E-state index is 5.55. The van der Waals surface area contributed by atoms with Crippen molar-refractivity contribution >= 4 is 5.82 Å². The first-order chi connectivity index (χ1) is 7.26. The van der Waals surface area contributed by atoms with Gasteiger partial charge in [0, 0.05) is 13.3 Å². The van der Waals surface area contributed by atoms with E-state index in [2.05, 4.69) is 10.4 Å². The highest BCUT2D eigenvalue weighted by molar-refractivity contribution is 5.35. The second-order valence-corrected chi connectivity index (χ2v) is 3.27. The van der Waals surface area contributed by atoms with Gasteiger partial charge in [0.2, 0.25) is 0 Å². The van der Waals surface area contributed by atoms with E-state index in [1.165, 1.54) is 0 Å². The van der Waals surface area contributed by atoms with Gasteiger partial charge in [0.25, 0.3) is 0 Å². The van der Waals surface area contributed by atoms with Gasteiger partial charge in [-0.3, -0.25) is 0 Å². The topological polar surface area (TPSA) is 69.4 Å². The van der Waals surface area contributed by atoms with Crippen LogP contribution >= 0.6 is 0 Å². The van der Waals surface area contributed by atoms with Gasteiger partial charge in [-0.05, 0) is 24.6 Å². The van der Waals surface area contributed by atoms with Crippen LogP contribution in [0.4, 0.5) is 5.82 Å². The highest BCUT2D eigenvalue weighted by atomic mass is 16.5. The number of pyridine rings is 1. The number of hydrogen-bond donors (Lipinski definition) is 2. The minimum absolute atomic E-state index is 0.0810. The molecule has 0 spiro atoms. The summed E-state index contributed by atoms with van der Waals surface area (Å²) in [4.78, 5) is 4.00. The molecule has 5 nitrogen and oxygen atoms in total. The van der Waals surface area contributed by atoms with E-state index in [1.807, 2.05) is 19.1 Å². The average molecular weight is 211 g/mol. The number of aromatic nitrogens is 1. The van der Waals surface area contributed by atoms with Crippen LogP contribution in [-0.2, 0) is 16.1 Å². The number of nitrogens with one attached hydrogen (secondary N) is 1. The Morgan fingerprint density at radius 2 is 2.40 bits per heavy atom. The number of nitrogens with two attached hydrogens (primary N) is 1. The molecule has 5 heteroatoms. The average Bonchev–Trinajstić information content (AvgIpc) is 2.27. The Balaban J connectivity index is 2.43. The van der Waals surface area contributed by atoms with E-state index >= 15 is 0 Å². The zero-order chi connectivity index (χ0) is 11.1. The van der Waals surface area contributed by atoms with Crippen LogP contribution in [0.25, 0.3) is 0 Å². The molecule has 1 aromatic heterocycles. The van der Waals surface area contributed by atoms with Crippen molar-refractivity contribution in [2.75, 3.05) is 19.1 Å². The first kappa shape index (κ1) is 11.9. The Kier molecular flexibility index (Phi) is 5.03. The summed E-state index contributed by atoms with van der Waals surface area (Å²) >= 11 is 0. The zero-order valence-electron chi connectivity index (χ0n) is 9.06. The summed E-state index contributed by atoms with van der Waals surface area (Å²) in [6.45, 7) is 3.08. The van der Waals surface area contributed by atoms with Gasteiger partial charge < -0.3 is 14.9 Å². The standard InChI is InChI=1S/C10H17N3O2/c1-8(6-14-2)15-7-9-3-4-12-10(5-9)13-11/h3-5,8H,6-7,11H2,1-2H3,(H,12,13). The van der Waals surface area contributed by atoms with E-state index in [1.54, 1.807) is 13.3 Å². The van der Waals surface area contributed by atoms with E-state index in [0.717, 1.165) is 5.56 Å². The molecule has 0 radical (unpaired) electrons. The lowest BCUT2D eigenvalue weighted by Crippen LogP contribution is -2.15. The van der Waals surface area contributed by atoms with Crippen molar-refractivity contribution in [1.82, 2.24) is 4.98 Å². The lowest BCUT2D eigenvalue weighted by atomic mass is 10.3. The van der Waals surface area contributed by atoms with Crippen LogP contribution in [0, 0.1) is 0 Å². The normalized spacial score (nSPS) is 12.5. The summed E-state index contributed by atoms with van der Waals surface area (Å²) in [6.07, 6.45) is 1.77. The smallest absolute Gasteiger partial charge is 0.140 e. The highest BCUT2D eigenvalue weighted by Crippen LogP contribution is 2.07. The second-order valence-electron chi connectivity index (χ2n) is 3.27. The van der Waals surface area contributed by atoms with Crippen LogP contribution in [0.3, 0.4) is 0 Å². The van der Waals surface area contributed by atoms with Crippen LogP contribution in [0.5, 0.6) is 0 Å². The molecule has 1 heterocycles. The minimum atomic E-state index is 0.0810. The molecule has 1 rings (SSSR count). The van der Waals surface area contributed by atoms with Crippen molar-refractivity contribution in [3.8, 4) is 0 Å². The summed E-state index contributed by atoms with van der Waals surface area (Å²) in [6, 6.07) is 3.74. The van der Waals surface area contributed by atoms with Crippen LogP contribution in [0.1, 0.15) is 12.5 Å². The van der Waals surface area contributed by atoms with E-state index in [0.29, 0.717) is 19.0 Å². The van der Waals surface area contributed by atoms with Crippen LogP contribution in [-0.4, -0.2) is 24.8 Å². The first-order valence-electron chi connectivity index (χ1n) is 4.78. The third-order valence-electron chi connectivity index (χ3n) is 1.91. The van der Waals surface area contributed by atoms with Gasteiger partial charge in [-0.2, -0.15) is 0 Å². The molecule has 0 fully saturated rings. The summed E-state index contributed by atoms with van der Waals surface area (Å²) < 4.78 is 10.5. The van der Waals surface area contributed by atoms with Crippen molar-refractivity contribution in [3.63, 3.8) is 0 Å². The molecule has 0 aliphatic rings. The Hall–Kier alpha value is -1.17. The Morgan fingerprint density at radius 1 is 1.60 bits per heavy atom. The third-order valence-corrected chi connectivity index (χ3v) is 1.91. The minimum Gasteiger partial charge on any atom is -0.382 e. The van der Waals surface area contributed by atoms with Crippen LogP contribution < -0.4 is 11.3 Å². The Morgan fingerprint density at radius 3 is 3.07 bits per heavy atom. The van der Waals surface area contributed by atoms with E-state index in [4.69, 9.17) is 15.3 Å². The Bertz CT molecular complexity index is 294. The molecule has 84 valence electrons. The second kappa shape index (κ2) is 6.34. The number of rotatable bonds is 6. The molecule has 0 aliphatic heterocycles. The first-order valence-corrected chi connectivity index (χ1v) is 4.78. The van der Waals surface area contributed by atoms with Crippen molar-refractivity contribution in [1.29, 1.82) is 0 Å². The predicted molar refractivity (Wildman–Crippen MR) is 58.2 cm³/mol. The monoisotopic (exact) mass is 211 g/mol. The van der Waals surface area contributed by atoms with Gasteiger partial charge in [0.1, 0.15) is 5.82 Å². The van der Waals surface area contributed by atoms with Crippen LogP contribution in [0.15, 0.2) is 18.3 Å². The molecule has 0 aromatic carbocycles. The fourth-order valence-electron chi connectivity index (χ4n) is 1.16. The maximum Gasteiger partial charge on any atom is 0.140 e. The molecule has 0 bridgehead atoms. The number of anilines is 1. The van der Waals surface area contributed by atoms with Crippen LogP contribution in [0.2, 0.25) is 0 Å². The molecular formula is C10H17N3O2. The lowest BCUT2D eigenvalue weighted by molar-refractivity contribution is -0.000131. The van der Waals surface area contributed by atoms with Gasteiger partial charge in [0.15, 0.2) is 0 Å². The summed E-state index contributed by atoms with van der Waals surface area (Å²) in [5.74, 6) is 5.88. The summed E-state index contributed by atoms with van der Waals surface area (Å²) in [5, 5.41) is 0. The number of methoxy groups -OCH3 is 1. The molecule has 1 atom stereocenters. The van der Waals surface area contributed by atoms with E-state index < -0.39 is 0 Å². The quantitative estimate of drug-likeness (QED) is 0.541. The zero-order valence-corrected chi connectivity index (χ0v) is 9.06. The lowest BCUT2D eigenvalue weighted by Gasteiger charge is -2.12. The molecule has 3 N–H and O–H groups in total. The molecule has 0 aliphatic carbocycles. The molecule has 0 saturated heterocycles. The summed E-state index contributed by atoms with van der Waals surface area (Å²) in [5.41, 5.74) is 3.52. The SMILES string of the molecule is COCC(C)OCc1ccnc(NN)c1. The van der Waals surface area contributed by atoms with E-state index in [9.17, 15) is 0 Å². The molecule has 0 saturated carbocycles. The largest absolute Gasteiger partial charge is 0.382 e. The maximum atomic E-state index is 5.55. The number of nitrogens with zero attached hydrogens (tertiary/aromatic N) is 1.